The smallest absolute Gasteiger partial charge is 0.316 e. The number of benzene rings is 2. The number of urea groups is 1. The van der Waals surface area contributed by atoms with E-state index in [9.17, 15) is 9.59 Å². The zero-order valence-corrected chi connectivity index (χ0v) is 17.6. The van der Waals surface area contributed by atoms with Crippen LogP contribution in [0.4, 0.5) is 16.2 Å². The van der Waals surface area contributed by atoms with Crippen LogP contribution in [0, 0.1) is 11.3 Å². The van der Waals surface area contributed by atoms with Crippen molar-refractivity contribution in [2.45, 2.75) is 18.9 Å². The number of hydrogen-bond acceptors (Lipinski definition) is 4. The van der Waals surface area contributed by atoms with E-state index in [0.29, 0.717) is 16.8 Å². The molecule has 1 fully saturated rings. The van der Waals surface area contributed by atoms with E-state index in [1.165, 1.54) is 0 Å². The number of anilines is 2. The van der Waals surface area contributed by atoms with Crippen molar-refractivity contribution in [1.82, 2.24) is 9.61 Å². The van der Waals surface area contributed by atoms with Crippen LogP contribution in [0.5, 0.6) is 0 Å². The van der Waals surface area contributed by atoms with Gasteiger partial charge in [-0.05, 0) is 66.9 Å². The molecule has 4 aromatic rings. The highest BCUT2D eigenvalue weighted by Crippen LogP contribution is 2.34. The molecule has 33 heavy (non-hydrogen) atoms. The van der Waals surface area contributed by atoms with Gasteiger partial charge in [-0.2, -0.15) is 10.4 Å². The Morgan fingerprint density at radius 3 is 2.45 bits per heavy atom. The van der Waals surface area contributed by atoms with Crippen LogP contribution in [-0.4, -0.2) is 27.6 Å². The van der Waals surface area contributed by atoms with Gasteiger partial charge in [-0.25, -0.2) is 9.31 Å². The van der Waals surface area contributed by atoms with Crippen LogP contribution in [0.3, 0.4) is 0 Å². The Labute approximate surface area is 189 Å². The fourth-order valence-electron chi connectivity index (χ4n) is 3.87. The number of nitrogens with zero attached hydrogens (tertiary/aromatic N) is 4. The lowest BCUT2D eigenvalue weighted by molar-refractivity contribution is 0.0985. The Balaban J connectivity index is 1.49. The number of nitrogens with two attached hydrogens (primary N) is 1. The zero-order valence-electron chi connectivity index (χ0n) is 17.6. The topological polar surface area (TPSA) is 117 Å². The highest BCUT2D eigenvalue weighted by molar-refractivity contribution is 6.08. The summed E-state index contributed by atoms with van der Waals surface area (Å²) in [5.41, 5.74) is 10.2. The first-order valence-electron chi connectivity index (χ1n) is 10.5. The third-order valence-electron chi connectivity index (χ3n) is 5.64. The van der Waals surface area contributed by atoms with Gasteiger partial charge < -0.3 is 16.0 Å². The molecule has 0 spiro atoms. The van der Waals surface area contributed by atoms with E-state index >= 15 is 0 Å². The molecule has 2 aromatic carbocycles. The van der Waals surface area contributed by atoms with Gasteiger partial charge in [0.25, 0.3) is 5.91 Å². The molecule has 0 unspecified atom stereocenters. The van der Waals surface area contributed by atoms with Gasteiger partial charge in [-0.3, -0.25) is 4.79 Å². The molecule has 8 heteroatoms. The maximum Gasteiger partial charge on any atom is 0.316 e. The van der Waals surface area contributed by atoms with Crippen LogP contribution >= 0.6 is 0 Å². The van der Waals surface area contributed by atoms with E-state index in [1.54, 1.807) is 47.2 Å². The molecular formula is C25H20N6O2. The normalized spacial score (nSPS) is 12.8. The van der Waals surface area contributed by atoms with E-state index in [2.05, 4.69) is 16.5 Å². The van der Waals surface area contributed by atoms with E-state index in [-0.39, 0.29) is 11.9 Å². The van der Waals surface area contributed by atoms with Crippen LogP contribution in [0.25, 0.3) is 16.6 Å². The van der Waals surface area contributed by atoms with Crippen molar-refractivity contribution in [1.29, 1.82) is 5.26 Å². The summed E-state index contributed by atoms with van der Waals surface area (Å²) in [6, 6.07) is 19.6. The summed E-state index contributed by atoms with van der Waals surface area (Å²) in [6.45, 7) is 0. The molecule has 2 aromatic heterocycles. The minimum atomic E-state index is -0.621. The van der Waals surface area contributed by atoms with Crippen LogP contribution < -0.4 is 16.0 Å². The van der Waals surface area contributed by atoms with Crippen molar-refractivity contribution in [3.63, 3.8) is 0 Å². The standard InChI is InChI=1S/C25H20N6O2/c26-14-16-1-7-20(8-2-16)31(21-9-10-21)24(32)18-11-12-30-23(13-18)22(15-28-30)17-3-5-19(6-4-17)29-25(27)33/h1-8,11-13,15,21H,9-10H2,(H3,27,29,33). The van der Waals surface area contributed by atoms with E-state index < -0.39 is 6.03 Å². The molecule has 0 bridgehead atoms. The Morgan fingerprint density at radius 2 is 1.82 bits per heavy atom. The number of aromatic nitrogens is 2. The molecule has 0 saturated heterocycles. The Morgan fingerprint density at radius 1 is 1.09 bits per heavy atom. The van der Waals surface area contributed by atoms with Gasteiger partial charge in [0.05, 0.1) is 23.3 Å². The summed E-state index contributed by atoms with van der Waals surface area (Å²) < 4.78 is 1.73. The minimum absolute atomic E-state index is 0.0853. The number of carbonyl (C=O) groups excluding carboxylic acids is 2. The summed E-state index contributed by atoms with van der Waals surface area (Å²) in [6.07, 6.45) is 5.44. The van der Waals surface area contributed by atoms with Crippen molar-refractivity contribution < 1.29 is 9.59 Å². The summed E-state index contributed by atoms with van der Waals surface area (Å²) in [5.74, 6) is -0.0853. The molecule has 1 saturated carbocycles. The maximum atomic E-state index is 13.5. The quantitative estimate of drug-likeness (QED) is 0.488. The van der Waals surface area contributed by atoms with Gasteiger partial charge >= 0.3 is 6.03 Å². The average molecular weight is 436 g/mol. The first-order chi connectivity index (χ1) is 16.0. The van der Waals surface area contributed by atoms with E-state index in [4.69, 9.17) is 11.0 Å². The number of fused-ring (bicyclic) bond motifs is 1. The van der Waals surface area contributed by atoms with E-state index in [1.807, 2.05) is 35.2 Å². The fraction of sp³-hybridized carbons (Fsp3) is 0.120. The highest BCUT2D eigenvalue weighted by atomic mass is 16.2. The van der Waals surface area contributed by atoms with Crippen LogP contribution in [0.1, 0.15) is 28.8 Å². The zero-order chi connectivity index (χ0) is 22.9. The molecule has 3 N–H and O–H groups in total. The number of rotatable bonds is 5. The summed E-state index contributed by atoms with van der Waals surface area (Å²) in [4.78, 5) is 26.4. The third kappa shape index (κ3) is 4.00. The summed E-state index contributed by atoms with van der Waals surface area (Å²) in [7, 11) is 0. The third-order valence-corrected chi connectivity index (χ3v) is 5.64. The molecule has 0 atom stereocenters. The molecule has 1 aliphatic rings. The number of pyridine rings is 1. The van der Waals surface area contributed by atoms with Crippen molar-refractivity contribution in [3.05, 3.63) is 84.2 Å². The van der Waals surface area contributed by atoms with Crippen molar-refractivity contribution >= 4 is 28.8 Å². The Kier molecular flexibility index (Phi) is 4.99. The number of carbonyl (C=O) groups is 2. The van der Waals surface area contributed by atoms with Crippen molar-refractivity contribution in [2.24, 2.45) is 5.73 Å². The van der Waals surface area contributed by atoms with E-state index in [0.717, 1.165) is 35.2 Å². The lowest BCUT2D eigenvalue weighted by Gasteiger charge is -2.23. The average Bonchev–Trinajstić information content (AvgIpc) is 3.57. The van der Waals surface area contributed by atoms with Gasteiger partial charge in [-0.15, -0.1) is 0 Å². The van der Waals surface area contributed by atoms with Crippen LogP contribution in [0.15, 0.2) is 73.1 Å². The second-order valence-electron chi connectivity index (χ2n) is 7.94. The predicted molar refractivity (Wildman–Crippen MR) is 125 cm³/mol. The number of amides is 3. The first-order valence-corrected chi connectivity index (χ1v) is 10.5. The Hall–Kier alpha value is -4.64. The molecule has 5 rings (SSSR count). The molecule has 0 radical (unpaired) electrons. The van der Waals surface area contributed by atoms with Gasteiger partial charge in [0.2, 0.25) is 0 Å². The number of hydrogen-bond donors (Lipinski definition) is 2. The Bertz CT molecular complexity index is 1400. The fourth-order valence-corrected chi connectivity index (χ4v) is 3.87. The molecule has 1 aliphatic carbocycles. The van der Waals surface area contributed by atoms with Crippen molar-refractivity contribution in [3.8, 4) is 17.2 Å². The summed E-state index contributed by atoms with van der Waals surface area (Å²) in [5, 5.41) is 16.0. The molecule has 162 valence electrons. The van der Waals surface area contributed by atoms with Gasteiger partial charge in [0, 0.05) is 34.7 Å². The molecule has 2 heterocycles. The molecule has 8 nitrogen and oxygen atoms in total. The second kappa shape index (κ2) is 8.13. The SMILES string of the molecule is N#Cc1ccc(N(C(=O)c2ccn3ncc(-c4ccc(NC(N)=O)cc4)c3c2)C2CC2)cc1. The lowest BCUT2D eigenvalue weighted by Crippen LogP contribution is -2.33. The second-order valence-corrected chi connectivity index (χ2v) is 7.94. The van der Waals surface area contributed by atoms with Gasteiger partial charge in [-0.1, -0.05) is 12.1 Å². The van der Waals surface area contributed by atoms with Gasteiger partial charge in [0.15, 0.2) is 0 Å². The molecule has 3 amide bonds. The molecular weight excluding hydrogens is 416 g/mol. The maximum absolute atomic E-state index is 13.5. The number of primary amides is 1. The number of nitrogens with one attached hydrogen (secondary N) is 1. The molecule has 0 aliphatic heterocycles. The van der Waals surface area contributed by atoms with Crippen LogP contribution in [0.2, 0.25) is 0 Å². The summed E-state index contributed by atoms with van der Waals surface area (Å²) >= 11 is 0. The first kappa shape index (κ1) is 20.3. The number of nitriles is 1. The lowest BCUT2D eigenvalue weighted by atomic mass is 10.1. The van der Waals surface area contributed by atoms with Crippen molar-refractivity contribution in [2.75, 3.05) is 10.2 Å². The predicted octanol–water partition coefficient (Wildman–Crippen LogP) is 4.17. The largest absolute Gasteiger partial charge is 0.351 e. The monoisotopic (exact) mass is 436 g/mol. The highest BCUT2D eigenvalue weighted by Gasteiger charge is 2.34. The minimum Gasteiger partial charge on any atom is -0.351 e. The van der Waals surface area contributed by atoms with Crippen LogP contribution in [-0.2, 0) is 0 Å². The van der Waals surface area contributed by atoms with Gasteiger partial charge in [0.1, 0.15) is 0 Å².